The van der Waals surface area contributed by atoms with Crippen LogP contribution in [0.5, 0.6) is 17.4 Å². The zero-order chi connectivity index (χ0) is 17.1. The van der Waals surface area contributed by atoms with Gasteiger partial charge in [0.1, 0.15) is 13.2 Å². The third-order valence-corrected chi connectivity index (χ3v) is 4.90. The Labute approximate surface area is 142 Å². The number of ether oxygens (including phenoxy) is 3. The summed E-state index contributed by atoms with van der Waals surface area (Å²) in [5, 5.41) is 0. The average molecular weight is 339 g/mol. The van der Waals surface area contributed by atoms with E-state index in [-0.39, 0.29) is 11.6 Å². The summed E-state index contributed by atoms with van der Waals surface area (Å²) in [6.07, 6.45) is 2.19. The van der Waals surface area contributed by atoms with Gasteiger partial charge in [0.25, 0.3) is 11.8 Å². The van der Waals surface area contributed by atoms with E-state index in [0.29, 0.717) is 37.7 Å². The first-order valence-corrected chi connectivity index (χ1v) is 8.58. The summed E-state index contributed by atoms with van der Waals surface area (Å²) >= 11 is 0. The maximum atomic E-state index is 14.1. The molecule has 0 radical (unpaired) electrons. The summed E-state index contributed by atoms with van der Waals surface area (Å²) in [5.41, 5.74) is 0. The van der Waals surface area contributed by atoms with E-state index in [1.165, 1.54) is 0 Å². The molecule has 7 heteroatoms. The van der Waals surface area contributed by atoms with Crippen LogP contribution in [0, 0.1) is 5.95 Å². The minimum absolute atomic E-state index is 0.0996. The van der Waals surface area contributed by atoms with Crippen LogP contribution in [0.25, 0.3) is 0 Å². The SMILES string of the molecule is CCOc1cc(OC[C@H]2CCN2C)c(OC[C@H]2CCN2C)nc1F. The molecule has 0 amide bonds. The molecule has 0 bridgehead atoms. The van der Waals surface area contributed by atoms with Gasteiger partial charge >= 0.3 is 0 Å². The van der Waals surface area contributed by atoms with Gasteiger partial charge in [0, 0.05) is 18.2 Å². The molecular weight excluding hydrogens is 313 g/mol. The van der Waals surface area contributed by atoms with Crippen LogP contribution in [0.15, 0.2) is 6.07 Å². The highest BCUT2D eigenvalue weighted by Crippen LogP contribution is 2.32. The van der Waals surface area contributed by atoms with Gasteiger partial charge in [0.2, 0.25) is 0 Å². The molecule has 0 saturated carbocycles. The summed E-state index contributed by atoms with van der Waals surface area (Å²) in [4.78, 5) is 8.35. The number of likely N-dealkylation sites (N-methyl/N-ethyl adjacent to an activating group) is 2. The van der Waals surface area contributed by atoms with Gasteiger partial charge in [0.15, 0.2) is 11.5 Å². The molecule has 2 saturated heterocycles. The first-order valence-electron chi connectivity index (χ1n) is 8.58. The van der Waals surface area contributed by atoms with E-state index in [2.05, 4.69) is 21.8 Å². The van der Waals surface area contributed by atoms with Crippen molar-refractivity contribution in [3.63, 3.8) is 0 Å². The zero-order valence-electron chi connectivity index (χ0n) is 14.6. The smallest absolute Gasteiger partial charge is 0.260 e. The molecule has 3 rings (SSSR count). The molecule has 0 spiro atoms. The molecule has 0 unspecified atom stereocenters. The second-order valence-electron chi connectivity index (χ2n) is 6.48. The highest BCUT2D eigenvalue weighted by Gasteiger charge is 2.27. The van der Waals surface area contributed by atoms with Crippen molar-refractivity contribution in [2.24, 2.45) is 0 Å². The molecule has 2 aliphatic rings. The molecule has 2 aliphatic heterocycles. The van der Waals surface area contributed by atoms with Crippen molar-refractivity contribution < 1.29 is 18.6 Å². The Morgan fingerprint density at radius 3 is 2.17 bits per heavy atom. The van der Waals surface area contributed by atoms with Crippen LogP contribution in [0.4, 0.5) is 4.39 Å². The van der Waals surface area contributed by atoms with Crippen molar-refractivity contribution >= 4 is 0 Å². The molecule has 0 aromatic carbocycles. The highest BCUT2D eigenvalue weighted by molar-refractivity contribution is 5.40. The van der Waals surface area contributed by atoms with Crippen molar-refractivity contribution in [1.82, 2.24) is 14.8 Å². The second kappa shape index (κ2) is 7.53. The van der Waals surface area contributed by atoms with E-state index in [1.54, 1.807) is 13.0 Å². The molecule has 3 heterocycles. The molecule has 2 atom stereocenters. The summed E-state index contributed by atoms with van der Waals surface area (Å²) in [5.74, 6) is 0.0878. The molecular formula is C17H26FN3O3. The van der Waals surface area contributed by atoms with E-state index in [9.17, 15) is 4.39 Å². The predicted octanol–water partition coefficient (Wildman–Crippen LogP) is 1.79. The van der Waals surface area contributed by atoms with Gasteiger partial charge in [-0.15, -0.1) is 0 Å². The van der Waals surface area contributed by atoms with Crippen molar-refractivity contribution in [2.45, 2.75) is 31.8 Å². The van der Waals surface area contributed by atoms with Crippen LogP contribution in [0.1, 0.15) is 19.8 Å². The first-order chi connectivity index (χ1) is 11.6. The lowest BCUT2D eigenvalue weighted by Crippen LogP contribution is -2.48. The summed E-state index contributed by atoms with van der Waals surface area (Å²) in [6, 6.07) is 2.29. The van der Waals surface area contributed by atoms with E-state index in [0.717, 1.165) is 25.9 Å². The lowest BCUT2D eigenvalue weighted by atomic mass is 10.1. The Morgan fingerprint density at radius 1 is 1.04 bits per heavy atom. The van der Waals surface area contributed by atoms with Gasteiger partial charge in [-0.2, -0.15) is 9.37 Å². The Hall–Kier alpha value is -1.60. The lowest BCUT2D eigenvalue weighted by Gasteiger charge is -2.38. The number of hydrogen-bond acceptors (Lipinski definition) is 6. The number of rotatable bonds is 8. The molecule has 0 aliphatic carbocycles. The van der Waals surface area contributed by atoms with Gasteiger partial charge in [0.05, 0.1) is 6.61 Å². The number of hydrogen-bond donors (Lipinski definition) is 0. The standard InChI is InChI=1S/C17H26FN3O3/c1-4-22-14-9-15(23-10-12-5-7-20(12)2)17(19-16(14)18)24-11-13-6-8-21(13)3/h9,12-13H,4-8,10-11H2,1-3H3/t12-,13-/m1/s1. The number of likely N-dealkylation sites (tertiary alicyclic amines) is 2. The Balaban J connectivity index is 1.69. The third kappa shape index (κ3) is 3.72. The Bertz CT molecular complexity index is 572. The van der Waals surface area contributed by atoms with E-state index in [4.69, 9.17) is 14.2 Å². The molecule has 1 aromatic rings. The van der Waals surface area contributed by atoms with Gasteiger partial charge < -0.3 is 14.2 Å². The van der Waals surface area contributed by atoms with Crippen LogP contribution in [0.3, 0.4) is 0 Å². The minimum Gasteiger partial charge on any atom is -0.489 e. The minimum atomic E-state index is -0.665. The summed E-state index contributed by atoms with van der Waals surface area (Å²) in [6.45, 7) is 5.34. The molecule has 0 N–H and O–H groups in total. The van der Waals surface area contributed by atoms with E-state index in [1.807, 2.05) is 7.05 Å². The largest absolute Gasteiger partial charge is 0.489 e. The van der Waals surface area contributed by atoms with E-state index < -0.39 is 5.95 Å². The number of halogens is 1. The van der Waals surface area contributed by atoms with Crippen molar-refractivity contribution in [2.75, 3.05) is 47.0 Å². The van der Waals surface area contributed by atoms with Gasteiger partial charge in [-0.1, -0.05) is 0 Å². The lowest BCUT2D eigenvalue weighted by molar-refractivity contribution is 0.0639. The Kier molecular flexibility index (Phi) is 5.40. The molecule has 134 valence electrons. The van der Waals surface area contributed by atoms with Crippen LogP contribution in [-0.2, 0) is 0 Å². The van der Waals surface area contributed by atoms with Gasteiger partial charge in [-0.25, -0.2) is 0 Å². The maximum absolute atomic E-state index is 14.1. The topological polar surface area (TPSA) is 47.1 Å². The first kappa shape index (κ1) is 17.2. The molecule has 24 heavy (non-hydrogen) atoms. The number of pyridine rings is 1. The van der Waals surface area contributed by atoms with Crippen molar-refractivity contribution in [3.05, 3.63) is 12.0 Å². The Morgan fingerprint density at radius 2 is 1.67 bits per heavy atom. The van der Waals surface area contributed by atoms with Crippen LogP contribution >= 0.6 is 0 Å². The predicted molar refractivity (Wildman–Crippen MR) is 88.4 cm³/mol. The molecule has 2 fully saturated rings. The fourth-order valence-electron chi connectivity index (χ4n) is 2.83. The number of nitrogens with zero attached hydrogens (tertiary/aromatic N) is 3. The fraction of sp³-hybridized carbons (Fsp3) is 0.706. The fourth-order valence-corrected chi connectivity index (χ4v) is 2.83. The number of aromatic nitrogens is 1. The van der Waals surface area contributed by atoms with Crippen molar-refractivity contribution in [3.8, 4) is 17.4 Å². The normalized spacial score (nSPS) is 24.2. The van der Waals surface area contributed by atoms with Gasteiger partial charge in [-0.05, 0) is 47.0 Å². The molecule has 6 nitrogen and oxygen atoms in total. The second-order valence-corrected chi connectivity index (χ2v) is 6.48. The third-order valence-electron chi connectivity index (χ3n) is 4.90. The van der Waals surface area contributed by atoms with Crippen LogP contribution in [0.2, 0.25) is 0 Å². The quantitative estimate of drug-likeness (QED) is 0.673. The van der Waals surface area contributed by atoms with Crippen LogP contribution in [-0.4, -0.2) is 73.9 Å². The maximum Gasteiger partial charge on any atom is 0.260 e. The monoisotopic (exact) mass is 339 g/mol. The van der Waals surface area contributed by atoms with Crippen molar-refractivity contribution in [1.29, 1.82) is 0 Å². The average Bonchev–Trinajstić information content (AvgIpc) is 2.55. The van der Waals surface area contributed by atoms with Crippen LogP contribution < -0.4 is 14.2 Å². The summed E-state index contributed by atoms with van der Waals surface area (Å²) in [7, 11) is 4.11. The zero-order valence-corrected chi connectivity index (χ0v) is 14.6. The van der Waals surface area contributed by atoms with E-state index >= 15 is 0 Å². The highest BCUT2D eigenvalue weighted by atomic mass is 19.1. The van der Waals surface area contributed by atoms with Gasteiger partial charge in [-0.3, -0.25) is 9.80 Å². The summed E-state index contributed by atoms with van der Waals surface area (Å²) < 4.78 is 31.0. The molecule has 1 aromatic heterocycles.